The minimum Gasteiger partial charge on any atom is -0.355 e. The van der Waals surface area contributed by atoms with E-state index in [1.165, 1.54) is 4.90 Å². The molecule has 22 heavy (non-hydrogen) atoms. The number of nitrogens with one attached hydrogen (secondary N) is 2. The van der Waals surface area contributed by atoms with Gasteiger partial charge in [-0.15, -0.1) is 0 Å². The molecule has 1 aromatic carbocycles. The molecule has 0 bridgehead atoms. The van der Waals surface area contributed by atoms with E-state index in [0.717, 1.165) is 5.56 Å². The van der Waals surface area contributed by atoms with Gasteiger partial charge in [0.05, 0.1) is 13.1 Å². The molecule has 1 atom stereocenters. The average molecular weight is 326 g/mol. The van der Waals surface area contributed by atoms with Gasteiger partial charge < -0.3 is 15.5 Å². The predicted octanol–water partition coefficient (Wildman–Crippen LogP) is 1.98. The molecule has 0 aliphatic carbocycles. The summed E-state index contributed by atoms with van der Waals surface area (Å²) in [5.41, 5.74) is 0.948. The Morgan fingerprint density at radius 2 is 1.95 bits per heavy atom. The highest BCUT2D eigenvalue weighted by atomic mass is 35.5. The van der Waals surface area contributed by atoms with Crippen molar-refractivity contribution >= 4 is 23.4 Å². The number of halogens is 1. The van der Waals surface area contributed by atoms with E-state index in [1.807, 2.05) is 45.0 Å². The van der Waals surface area contributed by atoms with Gasteiger partial charge in [-0.3, -0.25) is 9.59 Å². The topological polar surface area (TPSA) is 61.4 Å². The van der Waals surface area contributed by atoms with Crippen LogP contribution in [-0.4, -0.2) is 42.9 Å². The summed E-state index contributed by atoms with van der Waals surface area (Å²) in [6.07, 6.45) is 0. The first-order chi connectivity index (χ1) is 10.5. The maximum atomic E-state index is 12.2. The molecule has 122 valence electrons. The molecular formula is C16H24ClN3O2. The van der Waals surface area contributed by atoms with Crippen LogP contribution >= 0.6 is 11.6 Å². The van der Waals surface area contributed by atoms with Crippen LogP contribution in [0.2, 0.25) is 5.02 Å². The van der Waals surface area contributed by atoms with Crippen molar-refractivity contribution in [2.24, 2.45) is 0 Å². The van der Waals surface area contributed by atoms with Crippen LogP contribution in [0.4, 0.5) is 0 Å². The molecule has 0 heterocycles. The van der Waals surface area contributed by atoms with Crippen LogP contribution in [0, 0.1) is 0 Å². The van der Waals surface area contributed by atoms with Crippen LogP contribution in [-0.2, 0) is 9.59 Å². The summed E-state index contributed by atoms with van der Waals surface area (Å²) < 4.78 is 0. The summed E-state index contributed by atoms with van der Waals surface area (Å²) in [5, 5.41) is 6.52. The van der Waals surface area contributed by atoms with Gasteiger partial charge in [-0.2, -0.15) is 0 Å². The van der Waals surface area contributed by atoms with Gasteiger partial charge in [-0.05, 0) is 32.4 Å². The van der Waals surface area contributed by atoms with Crippen molar-refractivity contribution in [1.29, 1.82) is 0 Å². The molecule has 2 amide bonds. The predicted molar refractivity (Wildman–Crippen MR) is 88.8 cm³/mol. The number of amides is 2. The van der Waals surface area contributed by atoms with E-state index in [2.05, 4.69) is 10.6 Å². The molecule has 0 aromatic heterocycles. The lowest BCUT2D eigenvalue weighted by Gasteiger charge is -2.22. The van der Waals surface area contributed by atoms with Crippen molar-refractivity contribution in [3.63, 3.8) is 0 Å². The quantitative estimate of drug-likeness (QED) is 0.768. The standard InChI is InChI=1S/C16H24ClN3O2/c1-4-18-15(21)11-20(5-2)16(22)10-19-12(3)13-8-6-7-9-14(13)17/h6-9,12,19H,4-5,10-11H2,1-3H3,(H,18,21)/t12-/m0/s1. The van der Waals surface area contributed by atoms with E-state index in [9.17, 15) is 9.59 Å². The number of nitrogens with zero attached hydrogens (tertiary/aromatic N) is 1. The number of rotatable bonds is 8. The molecule has 0 unspecified atom stereocenters. The largest absolute Gasteiger partial charge is 0.355 e. The number of likely N-dealkylation sites (N-methyl/N-ethyl adjacent to an activating group) is 2. The fourth-order valence-corrected chi connectivity index (χ4v) is 2.39. The Labute approximate surface area is 137 Å². The van der Waals surface area contributed by atoms with Gasteiger partial charge in [-0.1, -0.05) is 29.8 Å². The first kappa shape index (κ1) is 18.5. The van der Waals surface area contributed by atoms with Gasteiger partial charge in [0, 0.05) is 24.2 Å². The SMILES string of the molecule is CCNC(=O)CN(CC)C(=O)CN[C@@H](C)c1ccccc1Cl. The highest BCUT2D eigenvalue weighted by Crippen LogP contribution is 2.21. The lowest BCUT2D eigenvalue weighted by molar-refractivity contribution is -0.135. The van der Waals surface area contributed by atoms with Crippen LogP contribution < -0.4 is 10.6 Å². The molecule has 0 spiro atoms. The smallest absolute Gasteiger partial charge is 0.239 e. The van der Waals surface area contributed by atoms with Crippen LogP contribution in [0.25, 0.3) is 0 Å². The summed E-state index contributed by atoms with van der Waals surface area (Å²) in [6.45, 7) is 6.97. The van der Waals surface area contributed by atoms with Crippen LogP contribution in [0.3, 0.4) is 0 Å². The molecule has 2 N–H and O–H groups in total. The van der Waals surface area contributed by atoms with E-state index in [4.69, 9.17) is 11.6 Å². The Balaban J connectivity index is 2.53. The molecule has 1 rings (SSSR count). The molecule has 5 nitrogen and oxygen atoms in total. The van der Waals surface area contributed by atoms with Crippen LogP contribution in [0.15, 0.2) is 24.3 Å². The highest BCUT2D eigenvalue weighted by molar-refractivity contribution is 6.31. The number of carbonyl (C=O) groups is 2. The second-order valence-electron chi connectivity index (χ2n) is 4.99. The van der Waals surface area contributed by atoms with Crippen molar-refractivity contribution in [1.82, 2.24) is 15.5 Å². The van der Waals surface area contributed by atoms with E-state index >= 15 is 0 Å². The third-order valence-electron chi connectivity index (χ3n) is 3.37. The second-order valence-corrected chi connectivity index (χ2v) is 5.39. The van der Waals surface area contributed by atoms with Crippen LogP contribution in [0.5, 0.6) is 0 Å². The first-order valence-corrected chi connectivity index (χ1v) is 7.89. The van der Waals surface area contributed by atoms with Crippen molar-refractivity contribution in [2.75, 3.05) is 26.2 Å². The van der Waals surface area contributed by atoms with Gasteiger partial charge >= 0.3 is 0 Å². The average Bonchev–Trinajstić information content (AvgIpc) is 2.50. The van der Waals surface area contributed by atoms with Crippen molar-refractivity contribution < 1.29 is 9.59 Å². The third-order valence-corrected chi connectivity index (χ3v) is 3.72. The molecule has 6 heteroatoms. The molecule has 0 aliphatic rings. The molecule has 0 radical (unpaired) electrons. The molecule has 0 saturated carbocycles. The Morgan fingerprint density at radius 3 is 2.55 bits per heavy atom. The first-order valence-electron chi connectivity index (χ1n) is 7.51. The van der Waals surface area contributed by atoms with Gasteiger partial charge in [0.1, 0.15) is 0 Å². The summed E-state index contributed by atoms with van der Waals surface area (Å²) >= 11 is 6.14. The number of carbonyl (C=O) groups excluding carboxylic acids is 2. The zero-order valence-electron chi connectivity index (χ0n) is 13.4. The molecule has 1 aromatic rings. The molecule has 0 aliphatic heterocycles. The van der Waals surface area contributed by atoms with E-state index < -0.39 is 0 Å². The van der Waals surface area contributed by atoms with Crippen molar-refractivity contribution in [3.8, 4) is 0 Å². The van der Waals surface area contributed by atoms with E-state index in [0.29, 0.717) is 18.1 Å². The maximum absolute atomic E-state index is 12.2. The summed E-state index contributed by atoms with van der Waals surface area (Å²) in [6, 6.07) is 7.49. The van der Waals surface area contributed by atoms with E-state index in [-0.39, 0.29) is 30.9 Å². The number of benzene rings is 1. The van der Waals surface area contributed by atoms with Gasteiger partial charge in [0.2, 0.25) is 11.8 Å². The van der Waals surface area contributed by atoms with Gasteiger partial charge in [0.15, 0.2) is 0 Å². The normalized spacial score (nSPS) is 11.8. The van der Waals surface area contributed by atoms with E-state index in [1.54, 1.807) is 0 Å². The number of hydrogen-bond donors (Lipinski definition) is 2. The highest BCUT2D eigenvalue weighted by Gasteiger charge is 2.16. The van der Waals surface area contributed by atoms with Gasteiger partial charge in [0.25, 0.3) is 0 Å². The monoisotopic (exact) mass is 325 g/mol. The Morgan fingerprint density at radius 1 is 1.27 bits per heavy atom. The van der Waals surface area contributed by atoms with Gasteiger partial charge in [-0.25, -0.2) is 0 Å². The summed E-state index contributed by atoms with van der Waals surface area (Å²) in [5.74, 6) is -0.246. The Hall–Kier alpha value is -1.59. The van der Waals surface area contributed by atoms with Crippen LogP contribution in [0.1, 0.15) is 32.4 Å². The summed E-state index contributed by atoms with van der Waals surface area (Å²) in [4.78, 5) is 25.3. The van der Waals surface area contributed by atoms with Crippen molar-refractivity contribution in [3.05, 3.63) is 34.9 Å². The number of hydrogen-bond acceptors (Lipinski definition) is 3. The molecule has 0 saturated heterocycles. The zero-order chi connectivity index (χ0) is 16.5. The summed E-state index contributed by atoms with van der Waals surface area (Å²) in [7, 11) is 0. The lowest BCUT2D eigenvalue weighted by Crippen LogP contribution is -2.44. The fourth-order valence-electron chi connectivity index (χ4n) is 2.09. The lowest BCUT2D eigenvalue weighted by atomic mass is 10.1. The Bertz CT molecular complexity index is 508. The molecular weight excluding hydrogens is 302 g/mol. The second kappa shape index (κ2) is 9.43. The fraction of sp³-hybridized carbons (Fsp3) is 0.500. The third kappa shape index (κ3) is 5.66. The maximum Gasteiger partial charge on any atom is 0.239 e. The Kier molecular flexibility index (Phi) is 7.91. The zero-order valence-corrected chi connectivity index (χ0v) is 14.1. The minimum absolute atomic E-state index is 0.0409. The minimum atomic E-state index is -0.142. The van der Waals surface area contributed by atoms with Crippen molar-refractivity contribution in [2.45, 2.75) is 26.8 Å². The molecule has 0 fully saturated rings.